The molecular formula is C14H22N2O2. The maximum absolute atomic E-state index is 11.8. The van der Waals surface area contributed by atoms with Crippen LogP contribution in [-0.4, -0.2) is 38.6 Å². The van der Waals surface area contributed by atoms with E-state index in [2.05, 4.69) is 19.2 Å². The van der Waals surface area contributed by atoms with Gasteiger partial charge in [0.2, 0.25) is 0 Å². The second kappa shape index (κ2) is 6.28. The summed E-state index contributed by atoms with van der Waals surface area (Å²) < 4.78 is 5.31. The Labute approximate surface area is 109 Å². The minimum Gasteiger partial charge on any atom is -0.495 e. The third-order valence-electron chi connectivity index (χ3n) is 2.56. The van der Waals surface area contributed by atoms with E-state index < -0.39 is 0 Å². The van der Waals surface area contributed by atoms with E-state index >= 15 is 0 Å². The van der Waals surface area contributed by atoms with Crippen LogP contribution >= 0.6 is 0 Å². The summed E-state index contributed by atoms with van der Waals surface area (Å²) in [7, 11) is 5.08. The Kier molecular flexibility index (Phi) is 5.01. The lowest BCUT2D eigenvalue weighted by Gasteiger charge is -2.15. The summed E-state index contributed by atoms with van der Waals surface area (Å²) in [4.78, 5) is 13.4. The molecule has 0 spiro atoms. The fraction of sp³-hybridized carbons (Fsp3) is 0.500. The van der Waals surface area contributed by atoms with E-state index in [1.807, 2.05) is 12.1 Å². The van der Waals surface area contributed by atoms with Crippen molar-refractivity contribution in [1.29, 1.82) is 0 Å². The molecule has 0 atom stereocenters. The molecule has 0 aliphatic carbocycles. The van der Waals surface area contributed by atoms with Crippen molar-refractivity contribution in [3.63, 3.8) is 0 Å². The van der Waals surface area contributed by atoms with Crippen LogP contribution in [0.25, 0.3) is 0 Å². The Bertz CT molecular complexity index is 414. The number of nitrogens with zero attached hydrogens (tertiary/aromatic N) is 1. The third kappa shape index (κ3) is 3.65. The number of hydrogen-bond acceptors (Lipinski definition) is 3. The number of rotatable bonds is 5. The van der Waals surface area contributed by atoms with Crippen LogP contribution in [0.1, 0.15) is 24.2 Å². The summed E-state index contributed by atoms with van der Waals surface area (Å²) in [6.07, 6.45) is 0. The third-order valence-corrected chi connectivity index (χ3v) is 2.56. The van der Waals surface area contributed by atoms with Crippen molar-refractivity contribution in [1.82, 2.24) is 4.90 Å². The molecule has 4 nitrogen and oxygen atoms in total. The SMILES string of the molecule is COc1cc(C(=O)N(C)C)ccc1NCC(C)C. The van der Waals surface area contributed by atoms with Crippen LogP contribution in [0, 0.1) is 5.92 Å². The molecule has 0 aromatic heterocycles. The molecule has 4 heteroatoms. The normalized spacial score (nSPS) is 10.3. The fourth-order valence-corrected chi connectivity index (χ4v) is 1.54. The Hall–Kier alpha value is -1.71. The van der Waals surface area contributed by atoms with Gasteiger partial charge in [-0.25, -0.2) is 0 Å². The number of methoxy groups -OCH3 is 1. The number of anilines is 1. The van der Waals surface area contributed by atoms with Crippen molar-refractivity contribution in [2.75, 3.05) is 33.1 Å². The fourth-order valence-electron chi connectivity index (χ4n) is 1.54. The van der Waals surface area contributed by atoms with Gasteiger partial charge in [0, 0.05) is 26.2 Å². The van der Waals surface area contributed by atoms with Gasteiger partial charge in [-0.15, -0.1) is 0 Å². The molecule has 1 rings (SSSR count). The van der Waals surface area contributed by atoms with Crippen LogP contribution in [0.4, 0.5) is 5.69 Å². The number of benzene rings is 1. The lowest BCUT2D eigenvalue weighted by Crippen LogP contribution is -2.21. The molecule has 18 heavy (non-hydrogen) atoms. The lowest BCUT2D eigenvalue weighted by molar-refractivity contribution is 0.0827. The molecule has 1 aromatic rings. The standard InChI is InChI=1S/C14H22N2O2/c1-10(2)9-15-12-7-6-11(8-13(12)18-5)14(17)16(3)4/h6-8,10,15H,9H2,1-5H3. The highest BCUT2D eigenvalue weighted by molar-refractivity contribution is 5.95. The molecule has 0 radical (unpaired) electrons. The van der Waals surface area contributed by atoms with Gasteiger partial charge in [0.05, 0.1) is 12.8 Å². The first-order valence-electron chi connectivity index (χ1n) is 6.09. The van der Waals surface area contributed by atoms with Gasteiger partial charge >= 0.3 is 0 Å². The molecule has 0 unspecified atom stereocenters. The average molecular weight is 250 g/mol. The Morgan fingerprint density at radius 2 is 2.06 bits per heavy atom. The van der Waals surface area contributed by atoms with Gasteiger partial charge in [-0.2, -0.15) is 0 Å². The van der Waals surface area contributed by atoms with E-state index in [-0.39, 0.29) is 5.91 Å². The van der Waals surface area contributed by atoms with E-state index in [0.29, 0.717) is 17.2 Å². The average Bonchev–Trinajstić information content (AvgIpc) is 2.34. The largest absolute Gasteiger partial charge is 0.495 e. The van der Waals surface area contributed by atoms with Crippen LogP contribution in [-0.2, 0) is 0 Å². The van der Waals surface area contributed by atoms with Crippen molar-refractivity contribution >= 4 is 11.6 Å². The van der Waals surface area contributed by atoms with Crippen LogP contribution in [0.2, 0.25) is 0 Å². The first-order valence-corrected chi connectivity index (χ1v) is 6.09. The highest BCUT2D eigenvalue weighted by atomic mass is 16.5. The van der Waals surface area contributed by atoms with Gasteiger partial charge in [0.25, 0.3) is 5.91 Å². The minimum atomic E-state index is -0.0243. The minimum absolute atomic E-state index is 0.0243. The molecule has 0 bridgehead atoms. The molecular weight excluding hydrogens is 228 g/mol. The highest BCUT2D eigenvalue weighted by Crippen LogP contribution is 2.26. The topological polar surface area (TPSA) is 41.6 Å². The molecule has 0 heterocycles. The van der Waals surface area contributed by atoms with Crippen molar-refractivity contribution < 1.29 is 9.53 Å². The molecule has 0 saturated carbocycles. The summed E-state index contributed by atoms with van der Waals surface area (Å²) in [6.45, 7) is 5.16. The zero-order chi connectivity index (χ0) is 13.7. The number of amides is 1. The molecule has 100 valence electrons. The van der Waals surface area contributed by atoms with Crippen LogP contribution in [0.5, 0.6) is 5.75 Å². The molecule has 1 amide bonds. The molecule has 0 fully saturated rings. The van der Waals surface area contributed by atoms with Crippen molar-refractivity contribution in [3.05, 3.63) is 23.8 Å². The first kappa shape index (κ1) is 14.4. The monoisotopic (exact) mass is 250 g/mol. The Morgan fingerprint density at radius 3 is 2.56 bits per heavy atom. The zero-order valence-electron chi connectivity index (χ0n) is 11.8. The second-order valence-corrected chi connectivity index (χ2v) is 4.89. The zero-order valence-corrected chi connectivity index (χ0v) is 11.8. The number of ether oxygens (including phenoxy) is 1. The number of hydrogen-bond donors (Lipinski definition) is 1. The summed E-state index contributed by atoms with van der Waals surface area (Å²) in [5, 5.41) is 3.31. The molecule has 0 aliphatic rings. The summed E-state index contributed by atoms with van der Waals surface area (Å²) in [6, 6.07) is 5.47. The molecule has 1 aromatic carbocycles. The van der Waals surface area contributed by atoms with E-state index in [0.717, 1.165) is 12.2 Å². The van der Waals surface area contributed by atoms with Crippen molar-refractivity contribution in [3.8, 4) is 5.75 Å². The van der Waals surface area contributed by atoms with Gasteiger partial charge in [0.15, 0.2) is 0 Å². The number of carbonyl (C=O) groups is 1. The van der Waals surface area contributed by atoms with E-state index in [1.165, 1.54) is 0 Å². The summed E-state index contributed by atoms with van der Waals surface area (Å²) in [5.74, 6) is 1.23. The van der Waals surface area contributed by atoms with Crippen LogP contribution in [0.15, 0.2) is 18.2 Å². The molecule has 0 aliphatic heterocycles. The highest BCUT2D eigenvalue weighted by Gasteiger charge is 2.11. The summed E-state index contributed by atoms with van der Waals surface area (Å²) in [5.41, 5.74) is 1.55. The predicted molar refractivity (Wildman–Crippen MR) is 74.3 cm³/mol. The van der Waals surface area contributed by atoms with Crippen molar-refractivity contribution in [2.24, 2.45) is 5.92 Å². The maximum atomic E-state index is 11.8. The lowest BCUT2D eigenvalue weighted by atomic mass is 10.1. The van der Waals surface area contributed by atoms with Gasteiger partial charge in [-0.05, 0) is 24.1 Å². The van der Waals surface area contributed by atoms with Gasteiger partial charge in [0.1, 0.15) is 5.75 Å². The smallest absolute Gasteiger partial charge is 0.253 e. The van der Waals surface area contributed by atoms with Gasteiger partial charge < -0.3 is 15.0 Å². The molecule has 1 N–H and O–H groups in total. The second-order valence-electron chi connectivity index (χ2n) is 4.89. The Morgan fingerprint density at radius 1 is 1.39 bits per heavy atom. The predicted octanol–water partition coefficient (Wildman–Crippen LogP) is 2.46. The number of nitrogens with one attached hydrogen (secondary N) is 1. The molecule has 0 saturated heterocycles. The first-order chi connectivity index (χ1) is 8.45. The number of carbonyl (C=O) groups excluding carboxylic acids is 1. The maximum Gasteiger partial charge on any atom is 0.253 e. The Balaban J connectivity index is 2.93. The van der Waals surface area contributed by atoms with Crippen LogP contribution < -0.4 is 10.1 Å². The van der Waals surface area contributed by atoms with Gasteiger partial charge in [-0.3, -0.25) is 4.79 Å². The van der Waals surface area contributed by atoms with E-state index in [1.54, 1.807) is 32.2 Å². The van der Waals surface area contributed by atoms with E-state index in [9.17, 15) is 4.79 Å². The van der Waals surface area contributed by atoms with Crippen molar-refractivity contribution in [2.45, 2.75) is 13.8 Å². The quantitative estimate of drug-likeness (QED) is 0.873. The van der Waals surface area contributed by atoms with Gasteiger partial charge in [-0.1, -0.05) is 13.8 Å². The van der Waals surface area contributed by atoms with Crippen LogP contribution in [0.3, 0.4) is 0 Å². The summed E-state index contributed by atoms with van der Waals surface area (Å²) >= 11 is 0. The van der Waals surface area contributed by atoms with E-state index in [4.69, 9.17) is 4.74 Å².